The van der Waals surface area contributed by atoms with E-state index in [2.05, 4.69) is 10.1 Å². The second-order valence-electron chi connectivity index (χ2n) is 4.97. The zero-order valence-corrected chi connectivity index (χ0v) is 9.96. The van der Waals surface area contributed by atoms with E-state index in [0.717, 1.165) is 25.7 Å². The third-order valence-corrected chi connectivity index (χ3v) is 3.24. The van der Waals surface area contributed by atoms with Crippen molar-refractivity contribution in [3.8, 4) is 0 Å². The van der Waals surface area contributed by atoms with Crippen LogP contribution in [0.3, 0.4) is 0 Å². The standard InChI is InChI=1S/C11H16F3N3O/c12-11(13,14)6-3-8-16-9(18-17-8)7-10(15)4-1-2-5-10/h1-7,15H2. The molecule has 0 bridgehead atoms. The van der Waals surface area contributed by atoms with Gasteiger partial charge in [-0.1, -0.05) is 18.0 Å². The van der Waals surface area contributed by atoms with Crippen LogP contribution in [0, 0.1) is 0 Å². The van der Waals surface area contributed by atoms with Gasteiger partial charge in [0.2, 0.25) is 5.89 Å². The van der Waals surface area contributed by atoms with Crippen LogP contribution in [0.2, 0.25) is 0 Å². The summed E-state index contributed by atoms with van der Waals surface area (Å²) < 4.78 is 41.0. The zero-order chi connectivity index (χ0) is 13.2. The lowest BCUT2D eigenvalue weighted by atomic mass is 9.95. The Bertz CT molecular complexity index is 396. The first-order valence-corrected chi connectivity index (χ1v) is 6.03. The summed E-state index contributed by atoms with van der Waals surface area (Å²) >= 11 is 0. The maximum Gasteiger partial charge on any atom is 0.389 e. The Morgan fingerprint density at radius 1 is 1.28 bits per heavy atom. The Morgan fingerprint density at radius 2 is 1.94 bits per heavy atom. The van der Waals surface area contributed by atoms with Crippen LogP contribution >= 0.6 is 0 Å². The average molecular weight is 263 g/mol. The lowest BCUT2D eigenvalue weighted by Gasteiger charge is -2.20. The van der Waals surface area contributed by atoms with E-state index in [9.17, 15) is 13.2 Å². The van der Waals surface area contributed by atoms with E-state index in [1.807, 2.05) is 0 Å². The van der Waals surface area contributed by atoms with Crippen LogP contribution in [0.25, 0.3) is 0 Å². The van der Waals surface area contributed by atoms with Gasteiger partial charge >= 0.3 is 6.18 Å². The Labute approximate surface area is 103 Å². The molecule has 0 aliphatic heterocycles. The van der Waals surface area contributed by atoms with Gasteiger partial charge in [0, 0.05) is 18.4 Å². The SMILES string of the molecule is NC1(Cc2nc(CCC(F)(F)F)no2)CCCC1. The smallest absolute Gasteiger partial charge is 0.339 e. The van der Waals surface area contributed by atoms with E-state index in [-0.39, 0.29) is 17.8 Å². The van der Waals surface area contributed by atoms with Gasteiger partial charge < -0.3 is 10.3 Å². The van der Waals surface area contributed by atoms with E-state index < -0.39 is 12.6 Å². The molecule has 0 radical (unpaired) electrons. The normalized spacial score (nSPS) is 19.3. The van der Waals surface area contributed by atoms with Crippen LogP contribution in [0.4, 0.5) is 13.2 Å². The summed E-state index contributed by atoms with van der Waals surface area (Å²) in [6.45, 7) is 0. The molecule has 1 heterocycles. The van der Waals surface area contributed by atoms with Crippen LogP contribution in [-0.4, -0.2) is 21.9 Å². The summed E-state index contributed by atoms with van der Waals surface area (Å²) in [5, 5.41) is 3.55. The first-order chi connectivity index (χ1) is 8.36. The Morgan fingerprint density at radius 3 is 2.56 bits per heavy atom. The van der Waals surface area contributed by atoms with Crippen molar-refractivity contribution in [3.63, 3.8) is 0 Å². The summed E-state index contributed by atoms with van der Waals surface area (Å²) in [4.78, 5) is 3.96. The molecular weight excluding hydrogens is 247 g/mol. The molecule has 0 aromatic carbocycles. The van der Waals surface area contributed by atoms with Gasteiger partial charge in [0.05, 0.1) is 6.42 Å². The molecule has 0 atom stereocenters. The van der Waals surface area contributed by atoms with Gasteiger partial charge in [0.1, 0.15) is 0 Å². The van der Waals surface area contributed by atoms with E-state index >= 15 is 0 Å². The van der Waals surface area contributed by atoms with Crippen molar-refractivity contribution in [1.29, 1.82) is 0 Å². The number of alkyl halides is 3. The molecule has 1 aromatic rings. The van der Waals surface area contributed by atoms with Crippen LogP contribution in [0.15, 0.2) is 4.52 Å². The summed E-state index contributed by atoms with van der Waals surface area (Å²) in [5.41, 5.74) is 5.81. The highest BCUT2D eigenvalue weighted by Crippen LogP contribution is 2.30. The summed E-state index contributed by atoms with van der Waals surface area (Å²) in [6, 6.07) is 0. The van der Waals surface area contributed by atoms with Crippen LogP contribution < -0.4 is 5.73 Å². The highest BCUT2D eigenvalue weighted by atomic mass is 19.4. The number of aromatic nitrogens is 2. The van der Waals surface area contributed by atoms with E-state index in [1.54, 1.807) is 0 Å². The van der Waals surface area contributed by atoms with Gasteiger partial charge in [-0.15, -0.1) is 0 Å². The number of halogens is 3. The maximum absolute atomic E-state index is 12.0. The molecule has 4 nitrogen and oxygen atoms in total. The number of nitrogens with zero attached hydrogens (tertiary/aromatic N) is 2. The van der Waals surface area contributed by atoms with Crippen molar-refractivity contribution in [2.24, 2.45) is 5.73 Å². The molecule has 102 valence electrons. The predicted molar refractivity (Wildman–Crippen MR) is 57.8 cm³/mol. The molecule has 7 heteroatoms. The molecule has 0 saturated heterocycles. The highest BCUT2D eigenvalue weighted by Gasteiger charge is 2.32. The fourth-order valence-corrected chi connectivity index (χ4v) is 2.27. The van der Waals surface area contributed by atoms with E-state index in [4.69, 9.17) is 10.3 Å². The van der Waals surface area contributed by atoms with E-state index in [0.29, 0.717) is 12.3 Å². The molecule has 0 amide bonds. The van der Waals surface area contributed by atoms with Gasteiger partial charge in [-0.2, -0.15) is 18.2 Å². The second kappa shape index (κ2) is 4.87. The van der Waals surface area contributed by atoms with E-state index in [1.165, 1.54) is 0 Å². The molecular formula is C11H16F3N3O. The van der Waals surface area contributed by atoms with Crippen LogP contribution in [0.5, 0.6) is 0 Å². The second-order valence-corrected chi connectivity index (χ2v) is 4.97. The summed E-state index contributed by atoms with van der Waals surface area (Å²) in [5.74, 6) is 0.445. The van der Waals surface area contributed by atoms with Gasteiger partial charge in [-0.3, -0.25) is 0 Å². The van der Waals surface area contributed by atoms with Crippen LogP contribution in [0.1, 0.15) is 43.8 Å². The van der Waals surface area contributed by atoms with Gasteiger partial charge in [0.25, 0.3) is 0 Å². The molecule has 2 N–H and O–H groups in total. The van der Waals surface area contributed by atoms with Gasteiger partial charge in [0.15, 0.2) is 5.82 Å². The number of rotatable bonds is 4. The minimum absolute atomic E-state index is 0.101. The minimum atomic E-state index is -4.19. The highest BCUT2D eigenvalue weighted by molar-refractivity contribution is 4.98. The third kappa shape index (κ3) is 3.69. The molecule has 1 aliphatic rings. The van der Waals surface area contributed by atoms with Crippen molar-refractivity contribution in [2.75, 3.05) is 0 Å². The van der Waals surface area contributed by atoms with Crippen molar-refractivity contribution >= 4 is 0 Å². The quantitative estimate of drug-likeness (QED) is 0.905. The average Bonchev–Trinajstić information content (AvgIpc) is 2.84. The molecule has 1 aromatic heterocycles. The Kier molecular flexibility index (Phi) is 3.61. The topological polar surface area (TPSA) is 64.9 Å². The lowest BCUT2D eigenvalue weighted by molar-refractivity contribution is -0.134. The van der Waals surface area contributed by atoms with Crippen LogP contribution in [-0.2, 0) is 12.8 Å². The number of hydrogen-bond acceptors (Lipinski definition) is 4. The number of hydrogen-bond donors (Lipinski definition) is 1. The Hall–Kier alpha value is -1.11. The number of aryl methyl sites for hydroxylation is 1. The third-order valence-electron chi connectivity index (χ3n) is 3.24. The molecule has 1 aliphatic carbocycles. The predicted octanol–water partition coefficient (Wildman–Crippen LogP) is 2.38. The monoisotopic (exact) mass is 263 g/mol. The fraction of sp³-hybridized carbons (Fsp3) is 0.818. The van der Waals surface area contributed by atoms with Crippen molar-refractivity contribution < 1.29 is 17.7 Å². The Balaban J connectivity index is 1.90. The minimum Gasteiger partial charge on any atom is -0.339 e. The summed E-state index contributed by atoms with van der Waals surface area (Å²) in [7, 11) is 0. The summed E-state index contributed by atoms with van der Waals surface area (Å²) in [6.07, 6.45) is -0.977. The molecule has 0 unspecified atom stereocenters. The van der Waals surface area contributed by atoms with Crippen molar-refractivity contribution in [1.82, 2.24) is 10.1 Å². The molecule has 1 fully saturated rings. The molecule has 18 heavy (non-hydrogen) atoms. The van der Waals surface area contributed by atoms with Crippen molar-refractivity contribution in [3.05, 3.63) is 11.7 Å². The largest absolute Gasteiger partial charge is 0.389 e. The number of nitrogens with two attached hydrogens (primary N) is 1. The lowest BCUT2D eigenvalue weighted by Crippen LogP contribution is -2.38. The zero-order valence-electron chi connectivity index (χ0n) is 9.96. The van der Waals surface area contributed by atoms with Gasteiger partial charge in [-0.25, -0.2) is 0 Å². The molecule has 1 saturated carbocycles. The molecule has 2 rings (SSSR count). The maximum atomic E-state index is 12.0. The van der Waals surface area contributed by atoms with Gasteiger partial charge in [-0.05, 0) is 12.8 Å². The van der Waals surface area contributed by atoms with Crippen molar-refractivity contribution in [2.45, 2.75) is 56.7 Å². The first kappa shape index (κ1) is 13.3. The fourth-order valence-electron chi connectivity index (χ4n) is 2.27. The first-order valence-electron chi connectivity index (χ1n) is 6.03. The molecule has 0 spiro atoms.